The summed E-state index contributed by atoms with van der Waals surface area (Å²) in [7, 11) is 2.40. The van der Waals surface area contributed by atoms with E-state index in [-0.39, 0.29) is 23.4 Å². The van der Waals surface area contributed by atoms with Gasteiger partial charge in [0.25, 0.3) is 6.43 Å². The molecule has 0 bridgehead atoms. The molecule has 0 aliphatic rings. The molecule has 96 valence electrons. The molecule has 1 heterocycles. The Bertz CT molecular complexity index is 498. The summed E-state index contributed by atoms with van der Waals surface area (Å²) in [5, 5.41) is 8.94. The summed E-state index contributed by atoms with van der Waals surface area (Å²) in [5.74, 6) is -0.714. The van der Waals surface area contributed by atoms with Gasteiger partial charge in [-0.05, 0) is 0 Å². The number of nitriles is 1. The number of methoxy groups -OCH3 is 2. The van der Waals surface area contributed by atoms with Crippen molar-refractivity contribution in [2.45, 2.75) is 12.8 Å². The largest absolute Gasteiger partial charge is 0.495 e. The normalized spacial score (nSPS) is 10.0. The molecule has 0 amide bonds. The van der Waals surface area contributed by atoms with Crippen molar-refractivity contribution in [3.05, 3.63) is 23.0 Å². The van der Waals surface area contributed by atoms with Gasteiger partial charge in [0.1, 0.15) is 23.1 Å². The standard InChI is InChI=1S/C11H10F2N2O3/c1-17-9-3-8(11(12)13)15-7(6(9)5-14)4-10(16)18-2/h3,11H,4H2,1-2H3. The molecule has 0 atom stereocenters. The number of alkyl halides is 2. The molecule has 0 aliphatic heterocycles. The van der Waals surface area contributed by atoms with Crippen LogP contribution < -0.4 is 4.74 Å². The van der Waals surface area contributed by atoms with E-state index in [9.17, 15) is 13.6 Å². The Morgan fingerprint density at radius 3 is 2.67 bits per heavy atom. The molecule has 1 aromatic rings. The Morgan fingerprint density at radius 2 is 2.22 bits per heavy atom. The van der Waals surface area contributed by atoms with Crippen LogP contribution in [0, 0.1) is 11.3 Å². The fourth-order valence-corrected chi connectivity index (χ4v) is 1.32. The van der Waals surface area contributed by atoms with Crippen LogP contribution in [0.4, 0.5) is 8.78 Å². The molecule has 0 N–H and O–H groups in total. The molecular formula is C11H10F2N2O3. The van der Waals surface area contributed by atoms with E-state index in [1.54, 1.807) is 6.07 Å². The molecule has 0 saturated heterocycles. The Kier molecular flexibility index (Phi) is 4.54. The van der Waals surface area contributed by atoms with Gasteiger partial charge in [-0.1, -0.05) is 0 Å². The van der Waals surface area contributed by atoms with Crippen LogP contribution in [-0.4, -0.2) is 25.2 Å². The van der Waals surface area contributed by atoms with Crippen LogP contribution in [0.2, 0.25) is 0 Å². The second kappa shape index (κ2) is 5.91. The second-order valence-corrected chi connectivity index (χ2v) is 3.24. The smallest absolute Gasteiger partial charge is 0.311 e. The van der Waals surface area contributed by atoms with E-state index in [0.717, 1.165) is 13.2 Å². The van der Waals surface area contributed by atoms with E-state index in [1.807, 2.05) is 0 Å². The number of pyridine rings is 1. The van der Waals surface area contributed by atoms with E-state index < -0.39 is 18.1 Å². The minimum Gasteiger partial charge on any atom is -0.495 e. The lowest BCUT2D eigenvalue weighted by Crippen LogP contribution is -2.10. The van der Waals surface area contributed by atoms with E-state index >= 15 is 0 Å². The van der Waals surface area contributed by atoms with E-state index in [4.69, 9.17) is 10.00 Å². The van der Waals surface area contributed by atoms with Gasteiger partial charge in [-0.25, -0.2) is 13.8 Å². The number of ether oxygens (including phenoxy) is 2. The highest BCUT2D eigenvalue weighted by atomic mass is 19.3. The number of aromatic nitrogens is 1. The van der Waals surface area contributed by atoms with Gasteiger partial charge in [0.05, 0.1) is 26.3 Å². The molecule has 0 unspecified atom stereocenters. The predicted molar refractivity (Wildman–Crippen MR) is 56.2 cm³/mol. The molecule has 0 aromatic carbocycles. The number of nitrogens with zero attached hydrogens (tertiary/aromatic N) is 2. The molecule has 1 aromatic heterocycles. The minimum atomic E-state index is -2.82. The summed E-state index contributed by atoms with van der Waals surface area (Å²) >= 11 is 0. The number of carbonyl (C=O) groups excluding carboxylic acids is 1. The highest BCUT2D eigenvalue weighted by Crippen LogP contribution is 2.27. The van der Waals surface area contributed by atoms with Crippen LogP contribution in [0.1, 0.15) is 23.4 Å². The van der Waals surface area contributed by atoms with Gasteiger partial charge in [0.15, 0.2) is 0 Å². The molecule has 0 fully saturated rings. The summed E-state index contributed by atoms with van der Waals surface area (Å²) in [4.78, 5) is 14.7. The van der Waals surface area contributed by atoms with Crippen LogP contribution in [-0.2, 0) is 16.0 Å². The average Bonchev–Trinajstić information content (AvgIpc) is 2.37. The third-order valence-corrected chi connectivity index (χ3v) is 2.17. The lowest BCUT2D eigenvalue weighted by atomic mass is 10.1. The summed E-state index contributed by atoms with van der Waals surface area (Å²) in [6.07, 6.45) is -3.18. The zero-order valence-electron chi connectivity index (χ0n) is 9.74. The first kappa shape index (κ1) is 13.8. The first-order chi connectivity index (χ1) is 8.53. The van der Waals surface area contributed by atoms with Gasteiger partial charge in [0, 0.05) is 6.07 Å². The molecule has 18 heavy (non-hydrogen) atoms. The molecule has 1 rings (SSSR count). The van der Waals surface area contributed by atoms with E-state index in [2.05, 4.69) is 9.72 Å². The molecular weight excluding hydrogens is 246 g/mol. The van der Waals surface area contributed by atoms with Gasteiger partial charge in [0.2, 0.25) is 0 Å². The van der Waals surface area contributed by atoms with E-state index in [1.165, 1.54) is 7.11 Å². The van der Waals surface area contributed by atoms with Crippen LogP contribution in [0.3, 0.4) is 0 Å². The van der Waals surface area contributed by atoms with Crippen LogP contribution in [0.15, 0.2) is 6.07 Å². The second-order valence-electron chi connectivity index (χ2n) is 3.24. The van der Waals surface area contributed by atoms with Gasteiger partial charge >= 0.3 is 5.97 Å². The van der Waals surface area contributed by atoms with Crippen molar-refractivity contribution < 1.29 is 23.0 Å². The van der Waals surface area contributed by atoms with Crippen molar-refractivity contribution in [1.29, 1.82) is 5.26 Å². The number of rotatable bonds is 4. The summed E-state index contributed by atoms with van der Waals surface area (Å²) < 4.78 is 34.4. The van der Waals surface area contributed by atoms with Crippen molar-refractivity contribution in [3.8, 4) is 11.8 Å². The monoisotopic (exact) mass is 256 g/mol. The SMILES string of the molecule is COC(=O)Cc1nc(C(F)F)cc(OC)c1C#N. The fraction of sp³-hybridized carbons (Fsp3) is 0.364. The maximum atomic E-state index is 12.6. The topological polar surface area (TPSA) is 72.2 Å². The van der Waals surface area contributed by atoms with Crippen LogP contribution in [0.5, 0.6) is 5.75 Å². The van der Waals surface area contributed by atoms with Gasteiger partial charge < -0.3 is 9.47 Å². The molecule has 0 radical (unpaired) electrons. The number of esters is 1. The summed E-state index contributed by atoms with van der Waals surface area (Å²) in [5.41, 5.74) is -0.684. The van der Waals surface area contributed by atoms with Crippen molar-refractivity contribution in [3.63, 3.8) is 0 Å². The number of hydrogen-bond acceptors (Lipinski definition) is 5. The first-order valence-corrected chi connectivity index (χ1v) is 4.86. The van der Waals surface area contributed by atoms with Crippen molar-refractivity contribution in [2.75, 3.05) is 14.2 Å². The molecule has 0 aliphatic carbocycles. The number of carbonyl (C=O) groups is 1. The Labute approximate surface area is 102 Å². The Balaban J connectivity index is 3.32. The van der Waals surface area contributed by atoms with Gasteiger partial charge in [-0.15, -0.1) is 0 Å². The van der Waals surface area contributed by atoms with Crippen molar-refractivity contribution in [2.24, 2.45) is 0 Å². The maximum Gasteiger partial charge on any atom is 0.311 e. The maximum absolute atomic E-state index is 12.6. The molecule has 5 nitrogen and oxygen atoms in total. The zero-order chi connectivity index (χ0) is 13.7. The van der Waals surface area contributed by atoms with Crippen LogP contribution >= 0.6 is 0 Å². The molecule has 7 heteroatoms. The average molecular weight is 256 g/mol. The van der Waals surface area contributed by atoms with Gasteiger partial charge in [-0.3, -0.25) is 4.79 Å². The third-order valence-electron chi connectivity index (χ3n) is 2.17. The summed E-state index contributed by atoms with van der Waals surface area (Å²) in [6.45, 7) is 0. The fourth-order valence-electron chi connectivity index (χ4n) is 1.32. The zero-order valence-corrected chi connectivity index (χ0v) is 9.74. The first-order valence-electron chi connectivity index (χ1n) is 4.86. The predicted octanol–water partition coefficient (Wildman–Crippen LogP) is 1.61. The molecule has 0 spiro atoms. The highest BCUT2D eigenvalue weighted by molar-refractivity contribution is 5.73. The van der Waals surface area contributed by atoms with Crippen molar-refractivity contribution >= 4 is 5.97 Å². The third kappa shape index (κ3) is 2.91. The number of halogens is 2. The number of hydrogen-bond donors (Lipinski definition) is 0. The van der Waals surface area contributed by atoms with Gasteiger partial charge in [-0.2, -0.15) is 5.26 Å². The Morgan fingerprint density at radius 1 is 1.56 bits per heavy atom. The summed E-state index contributed by atoms with van der Waals surface area (Å²) in [6, 6.07) is 2.75. The van der Waals surface area contributed by atoms with E-state index in [0.29, 0.717) is 0 Å². The Hall–Kier alpha value is -2.23. The van der Waals surface area contributed by atoms with Crippen LogP contribution in [0.25, 0.3) is 0 Å². The molecule has 0 saturated carbocycles. The quantitative estimate of drug-likeness (QED) is 0.765. The lowest BCUT2D eigenvalue weighted by molar-refractivity contribution is -0.139. The highest BCUT2D eigenvalue weighted by Gasteiger charge is 2.20. The van der Waals surface area contributed by atoms with Crippen molar-refractivity contribution in [1.82, 2.24) is 4.98 Å². The minimum absolute atomic E-state index is 0.0401. The lowest BCUT2D eigenvalue weighted by Gasteiger charge is -2.10.